The molecule has 0 fully saturated rings. The third kappa shape index (κ3) is 3.11. The quantitative estimate of drug-likeness (QED) is 0.888. The molecule has 0 saturated carbocycles. The molecule has 0 radical (unpaired) electrons. The average molecular weight is 356 g/mol. The van der Waals surface area contributed by atoms with Gasteiger partial charge in [-0.3, -0.25) is 4.68 Å². The van der Waals surface area contributed by atoms with Crippen LogP contribution in [-0.2, 0) is 0 Å². The fourth-order valence-corrected chi connectivity index (χ4v) is 2.75. The Kier molecular flexibility index (Phi) is 5.00. The predicted molar refractivity (Wildman–Crippen MR) is 84.2 cm³/mol. The van der Waals surface area contributed by atoms with Gasteiger partial charge in [0.05, 0.1) is 23.8 Å². The van der Waals surface area contributed by atoms with Crippen LogP contribution >= 0.6 is 15.9 Å². The molecule has 0 aliphatic heterocycles. The summed E-state index contributed by atoms with van der Waals surface area (Å²) in [5.41, 5.74) is 1.86. The van der Waals surface area contributed by atoms with Crippen LogP contribution in [0.25, 0.3) is 0 Å². The van der Waals surface area contributed by atoms with Crippen LogP contribution in [0.5, 0.6) is 5.75 Å². The number of halogens is 2. The minimum Gasteiger partial charge on any atom is -0.493 e. The number of hydrogen-bond donors (Lipinski definition) is 1. The van der Waals surface area contributed by atoms with E-state index in [-0.39, 0.29) is 17.9 Å². The van der Waals surface area contributed by atoms with Crippen molar-refractivity contribution in [2.45, 2.75) is 25.9 Å². The maximum Gasteiger partial charge on any atom is 0.161 e. The van der Waals surface area contributed by atoms with Gasteiger partial charge in [0.2, 0.25) is 0 Å². The molecule has 2 rings (SSSR count). The summed E-state index contributed by atoms with van der Waals surface area (Å²) in [5.74, 6) is 0.432. The van der Waals surface area contributed by atoms with Gasteiger partial charge >= 0.3 is 0 Å². The number of rotatable bonds is 5. The molecule has 0 saturated heterocycles. The molecule has 1 aromatic heterocycles. The third-order valence-electron chi connectivity index (χ3n) is 3.35. The zero-order valence-corrected chi connectivity index (χ0v) is 14.1. The Morgan fingerprint density at radius 3 is 2.62 bits per heavy atom. The number of nitrogens with one attached hydrogen (secondary N) is 1. The van der Waals surface area contributed by atoms with E-state index in [9.17, 15) is 4.39 Å². The summed E-state index contributed by atoms with van der Waals surface area (Å²) in [5, 5.41) is 7.64. The molecule has 1 heterocycles. The number of hydrogen-bond acceptors (Lipinski definition) is 3. The molecular weight excluding hydrogens is 337 g/mol. The van der Waals surface area contributed by atoms with Crippen molar-refractivity contribution >= 4 is 15.9 Å². The third-order valence-corrected chi connectivity index (χ3v) is 3.95. The first kappa shape index (κ1) is 16.0. The minimum atomic E-state index is -0.280. The van der Waals surface area contributed by atoms with Gasteiger partial charge in [-0.1, -0.05) is 6.07 Å². The van der Waals surface area contributed by atoms with Gasteiger partial charge < -0.3 is 10.1 Å². The lowest BCUT2D eigenvalue weighted by atomic mass is 10.0. The molecule has 21 heavy (non-hydrogen) atoms. The van der Waals surface area contributed by atoms with E-state index in [0.717, 1.165) is 11.3 Å². The summed E-state index contributed by atoms with van der Waals surface area (Å²) in [6.07, 6.45) is 1.71. The highest BCUT2D eigenvalue weighted by molar-refractivity contribution is 9.10. The van der Waals surface area contributed by atoms with Crippen LogP contribution in [0.3, 0.4) is 0 Å². The van der Waals surface area contributed by atoms with Gasteiger partial charge in [0.1, 0.15) is 11.5 Å². The standard InChI is InChI=1S/C15H19BrFN3O/c1-9(2)20-15(13(21-4)8-19-20)14(18-3)10-5-6-12(17)11(16)7-10/h5-9,14,18H,1-4H3. The molecule has 0 spiro atoms. The number of ether oxygens (including phenoxy) is 1. The highest BCUT2D eigenvalue weighted by Gasteiger charge is 2.24. The summed E-state index contributed by atoms with van der Waals surface area (Å²) >= 11 is 3.23. The monoisotopic (exact) mass is 355 g/mol. The van der Waals surface area contributed by atoms with Crippen molar-refractivity contribution in [3.8, 4) is 5.75 Å². The Morgan fingerprint density at radius 2 is 2.10 bits per heavy atom. The fraction of sp³-hybridized carbons (Fsp3) is 0.400. The van der Waals surface area contributed by atoms with Crippen LogP contribution in [0.4, 0.5) is 4.39 Å². The van der Waals surface area contributed by atoms with Gasteiger partial charge in [-0.25, -0.2) is 4.39 Å². The topological polar surface area (TPSA) is 39.1 Å². The zero-order chi connectivity index (χ0) is 15.6. The summed E-state index contributed by atoms with van der Waals surface area (Å²) in [7, 11) is 3.48. The van der Waals surface area contributed by atoms with Gasteiger partial charge in [-0.05, 0) is 54.5 Å². The lowest BCUT2D eigenvalue weighted by Crippen LogP contribution is -2.23. The first-order chi connectivity index (χ1) is 9.99. The Balaban J connectivity index is 2.55. The Labute approximate surface area is 132 Å². The summed E-state index contributed by atoms with van der Waals surface area (Å²) < 4.78 is 21.2. The maximum atomic E-state index is 13.5. The van der Waals surface area contributed by atoms with Gasteiger partial charge in [-0.2, -0.15) is 5.10 Å². The summed E-state index contributed by atoms with van der Waals surface area (Å²) in [4.78, 5) is 0. The van der Waals surface area contributed by atoms with E-state index in [1.807, 2.05) is 11.7 Å². The smallest absolute Gasteiger partial charge is 0.161 e. The Morgan fingerprint density at radius 1 is 1.38 bits per heavy atom. The molecule has 1 N–H and O–H groups in total. The summed E-state index contributed by atoms with van der Waals surface area (Å²) in [6.45, 7) is 4.12. The van der Waals surface area contributed by atoms with Gasteiger partial charge in [0.15, 0.2) is 5.75 Å². The lowest BCUT2D eigenvalue weighted by molar-refractivity contribution is 0.396. The zero-order valence-electron chi connectivity index (χ0n) is 12.5. The molecule has 0 aliphatic rings. The molecule has 4 nitrogen and oxygen atoms in total. The number of benzene rings is 1. The molecule has 1 atom stereocenters. The number of methoxy groups -OCH3 is 1. The molecule has 1 unspecified atom stereocenters. The molecule has 1 aromatic carbocycles. The second-order valence-electron chi connectivity index (χ2n) is 5.03. The fourth-order valence-electron chi connectivity index (χ4n) is 2.35. The van der Waals surface area contributed by atoms with Crippen LogP contribution in [0.1, 0.15) is 37.2 Å². The number of nitrogens with zero attached hydrogens (tertiary/aromatic N) is 2. The predicted octanol–water partition coefficient (Wildman–Crippen LogP) is 3.68. The normalized spacial score (nSPS) is 12.7. The van der Waals surface area contributed by atoms with E-state index in [1.165, 1.54) is 6.07 Å². The van der Waals surface area contributed by atoms with Gasteiger partial charge in [0.25, 0.3) is 0 Å². The van der Waals surface area contributed by atoms with Crippen molar-refractivity contribution in [2.24, 2.45) is 0 Å². The van der Waals surface area contributed by atoms with Gasteiger partial charge in [0, 0.05) is 6.04 Å². The second-order valence-corrected chi connectivity index (χ2v) is 5.89. The Hall–Kier alpha value is -1.40. The van der Waals surface area contributed by atoms with Gasteiger partial charge in [-0.15, -0.1) is 0 Å². The molecule has 0 bridgehead atoms. The molecule has 2 aromatic rings. The second kappa shape index (κ2) is 6.58. The van der Waals surface area contributed by atoms with E-state index in [1.54, 1.807) is 25.4 Å². The van der Waals surface area contributed by atoms with Crippen LogP contribution in [0.2, 0.25) is 0 Å². The molecular formula is C15H19BrFN3O. The van der Waals surface area contributed by atoms with E-state index in [2.05, 4.69) is 40.2 Å². The molecule has 0 aliphatic carbocycles. The van der Waals surface area contributed by atoms with Crippen molar-refractivity contribution in [1.29, 1.82) is 0 Å². The van der Waals surface area contributed by atoms with Crippen molar-refractivity contribution in [2.75, 3.05) is 14.2 Å². The molecule has 0 amide bonds. The highest BCUT2D eigenvalue weighted by Crippen LogP contribution is 2.33. The minimum absolute atomic E-state index is 0.137. The molecule has 6 heteroatoms. The average Bonchev–Trinajstić information content (AvgIpc) is 2.87. The maximum absolute atomic E-state index is 13.5. The largest absolute Gasteiger partial charge is 0.493 e. The van der Waals surface area contributed by atoms with Crippen molar-refractivity contribution < 1.29 is 9.13 Å². The van der Waals surface area contributed by atoms with Crippen molar-refractivity contribution in [1.82, 2.24) is 15.1 Å². The summed E-state index contributed by atoms with van der Waals surface area (Å²) in [6, 6.07) is 5.04. The van der Waals surface area contributed by atoms with Crippen LogP contribution < -0.4 is 10.1 Å². The first-order valence-electron chi connectivity index (χ1n) is 6.73. The molecule has 114 valence electrons. The first-order valence-corrected chi connectivity index (χ1v) is 7.52. The lowest BCUT2D eigenvalue weighted by Gasteiger charge is -2.21. The van der Waals surface area contributed by atoms with Crippen LogP contribution in [-0.4, -0.2) is 23.9 Å². The van der Waals surface area contributed by atoms with E-state index in [4.69, 9.17) is 4.74 Å². The van der Waals surface area contributed by atoms with E-state index < -0.39 is 0 Å². The SMILES string of the molecule is CNC(c1ccc(F)c(Br)c1)c1c(OC)cnn1C(C)C. The number of aromatic nitrogens is 2. The van der Waals surface area contributed by atoms with Crippen molar-refractivity contribution in [3.05, 3.63) is 45.9 Å². The van der Waals surface area contributed by atoms with Crippen LogP contribution in [0.15, 0.2) is 28.9 Å². The van der Waals surface area contributed by atoms with E-state index >= 15 is 0 Å². The Bertz CT molecular complexity index is 627. The highest BCUT2D eigenvalue weighted by atomic mass is 79.9. The van der Waals surface area contributed by atoms with E-state index in [0.29, 0.717) is 10.2 Å². The van der Waals surface area contributed by atoms with Crippen molar-refractivity contribution in [3.63, 3.8) is 0 Å². The van der Waals surface area contributed by atoms with Crippen LogP contribution in [0, 0.1) is 5.82 Å².